The van der Waals surface area contributed by atoms with Crippen molar-refractivity contribution in [2.45, 2.75) is 0 Å². The van der Waals surface area contributed by atoms with Crippen molar-refractivity contribution >= 4 is 35.0 Å². The van der Waals surface area contributed by atoms with E-state index < -0.39 is 0 Å². The van der Waals surface area contributed by atoms with Gasteiger partial charge in [-0.1, -0.05) is 17.5 Å². The fraction of sp³-hybridized carbons (Fsp3) is 0.250. The van der Waals surface area contributed by atoms with E-state index in [1.165, 1.54) is 0 Å². The van der Waals surface area contributed by atoms with Crippen LogP contribution < -0.4 is 11.1 Å². The van der Waals surface area contributed by atoms with Crippen LogP contribution in [0, 0.1) is 12.3 Å². The Bertz CT molecular complexity index is 443. The highest BCUT2D eigenvalue weighted by Crippen LogP contribution is 2.19. The van der Waals surface area contributed by atoms with Crippen molar-refractivity contribution in [3.05, 3.63) is 28.8 Å². The number of anilines is 1. The second-order valence-electron chi connectivity index (χ2n) is 3.25. The van der Waals surface area contributed by atoms with Crippen LogP contribution in [0.4, 0.5) is 5.69 Å². The summed E-state index contributed by atoms with van der Waals surface area (Å²) in [5, 5.41) is 3.23. The van der Waals surface area contributed by atoms with Crippen molar-refractivity contribution in [3.8, 4) is 12.3 Å². The first-order chi connectivity index (χ1) is 8.15. The third-order valence-electron chi connectivity index (χ3n) is 1.98. The molecule has 90 valence electrons. The molecule has 0 fully saturated rings. The van der Waals surface area contributed by atoms with E-state index in [0.717, 1.165) is 5.75 Å². The van der Waals surface area contributed by atoms with Crippen molar-refractivity contribution < 1.29 is 4.79 Å². The number of hydrogen-bond acceptors (Lipinski definition) is 3. The summed E-state index contributed by atoms with van der Waals surface area (Å²) in [6, 6.07) is 4.81. The number of hydrogen-bond donors (Lipinski definition) is 2. The van der Waals surface area contributed by atoms with Gasteiger partial charge in [0.05, 0.1) is 16.5 Å². The second-order valence-corrected chi connectivity index (χ2v) is 4.76. The molecule has 1 amide bonds. The number of carbonyl (C=O) groups excluding carboxylic acids is 1. The maximum absolute atomic E-state index is 11.7. The second kappa shape index (κ2) is 7.10. The molecule has 0 aliphatic heterocycles. The molecule has 0 saturated heterocycles. The molecule has 0 saturated carbocycles. The van der Waals surface area contributed by atoms with Gasteiger partial charge in [0.15, 0.2) is 0 Å². The van der Waals surface area contributed by atoms with Gasteiger partial charge in [0.2, 0.25) is 0 Å². The standard InChI is InChI=1S/C12H13ClN2OS/c1-2-6-17-7-5-15-12(16)9-3-4-10(13)11(14)8-9/h1,3-4,8H,5-7,14H2,(H,15,16). The summed E-state index contributed by atoms with van der Waals surface area (Å²) in [4.78, 5) is 11.7. The van der Waals surface area contributed by atoms with E-state index in [1.807, 2.05) is 0 Å². The zero-order chi connectivity index (χ0) is 12.7. The first-order valence-electron chi connectivity index (χ1n) is 4.99. The molecule has 3 nitrogen and oxygen atoms in total. The van der Waals surface area contributed by atoms with Gasteiger partial charge in [0, 0.05) is 17.9 Å². The zero-order valence-corrected chi connectivity index (χ0v) is 10.8. The summed E-state index contributed by atoms with van der Waals surface area (Å²) in [6.45, 7) is 0.577. The van der Waals surface area contributed by atoms with E-state index in [1.54, 1.807) is 30.0 Å². The Balaban J connectivity index is 2.42. The number of nitrogens with one attached hydrogen (secondary N) is 1. The molecule has 0 spiro atoms. The quantitative estimate of drug-likeness (QED) is 0.488. The maximum Gasteiger partial charge on any atom is 0.251 e. The third-order valence-corrected chi connectivity index (χ3v) is 3.18. The molecule has 0 unspecified atom stereocenters. The highest BCUT2D eigenvalue weighted by molar-refractivity contribution is 7.99. The molecule has 3 N–H and O–H groups in total. The highest BCUT2D eigenvalue weighted by atomic mass is 35.5. The SMILES string of the molecule is C#CCSCCNC(=O)c1ccc(Cl)c(N)c1. The van der Waals surface area contributed by atoms with Crippen molar-refractivity contribution in [2.75, 3.05) is 23.8 Å². The minimum atomic E-state index is -0.158. The van der Waals surface area contributed by atoms with Crippen LogP contribution in [-0.2, 0) is 0 Å². The fourth-order valence-corrected chi connectivity index (χ4v) is 1.78. The molecule has 0 aliphatic carbocycles. The van der Waals surface area contributed by atoms with Crippen molar-refractivity contribution in [1.82, 2.24) is 5.32 Å². The van der Waals surface area contributed by atoms with Crippen molar-refractivity contribution in [2.24, 2.45) is 0 Å². The van der Waals surface area contributed by atoms with Gasteiger partial charge in [0.25, 0.3) is 5.91 Å². The number of benzene rings is 1. The molecule has 0 bridgehead atoms. The summed E-state index contributed by atoms with van der Waals surface area (Å²) in [6.07, 6.45) is 5.11. The van der Waals surface area contributed by atoms with Crippen LogP contribution >= 0.6 is 23.4 Å². The molecule has 0 radical (unpaired) electrons. The fourth-order valence-electron chi connectivity index (χ4n) is 1.15. The summed E-state index contributed by atoms with van der Waals surface area (Å²) in [5.41, 5.74) is 6.53. The van der Waals surface area contributed by atoms with Crippen LogP contribution in [0.1, 0.15) is 10.4 Å². The third kappa shape index (κ3) is 4.59. The number of halogens is 1. The zero-order valence-electron chi connectivity index (χ0n) is 9.20. The van der Waals surface area contributed by atoms with Crippen LogP contribution in [0.15, 0.2) is 18.2 Å². The Morgan fingerprint density at radius 2 is 2.35 bits per heavy atom. The lowest BCUT2D eigenvalue weighted by Crippen LogP contribution is -2.25. The number of amides is 1. The molecular formula is C12H13ClN2OS. The lowest BCUT2D eigenvalue weighted by atomic mass is 10.2. The minimum Gasteiger partial charge on any atom is -0.398 e. The predicted molar refractivity (Wildman–Crippen MR) is 74.4 cm³/mol. The molecular weight excluding hydrogens is 256 g/mol. The Hall–Kier alpha value is -1.31. The average molecular weight is 269 g/mol. The first kappa shape index (κ1) is 13.8. The van der Waals surface area contributed by atoms with Gasteiger partial charge in [-0.05, 0) is 18.2 Å². The molecule has 0 heterocycles. The van der Waals surface area contributed by atoms with Gasteiger partial charge in [-0.15, -0.1) is 18.2 Å². The van der Waals surface area contributed by atoms with E-state index in [4.69, 9.17) is 23.8 Å². The number of nitrogens with two attached hydrogens (primary N) is 1. The van der Waals surface area contributed by atoms with E-state index in [9.17, 15) is 4.79 Å². The Kier molecular flexibility index (Phi) is 5.75. The van der Waals surface area contributed by atoms with Crippen LogP contribution in [0.25, 0.3) is 0 Å². The largest absolute Gasteiger partial charge is 0.398 e. The Morgan fingerprint density at radius 3 is 3.00 bits per heavy atom. The van der Waals surface area contributed by atoms with E-state index in [-0.39, 0.29) is 5.91 Å². The normalized spacial score (nSPS) is 9.65. The first-order valence-corrected chi connectivity index (χ1v) is 6.53. The summed E-state index contributed by atoms with van der Waals surface area (Å²) in [7, 11) is 0. The van der Waals surface area contributed by atoms with Crippen LogP contribution in [0.3, 0.4) is 0 Å². The number of terminal acetylenes is 1. The molecule has 1 rings (SSSR count). The molecule has 0 atom stereocenters. The predicted octanol–water partition coefficient (Wildman–Crippen LogP) is 2.02. The number of thioether (sulfide) groups is 1. The lowest BCUT2D eigenvalue weighted by molar-refractivity contribution is 0.0956. The van der Waals surface area contributed by atoms with Crippen LogP contribution in [-0.4, -0.2) is 24.0 Å². The Morgan fingerprint density at radius 1 is 1.59 bits per heavy atom. The molecule has 1 aromatic carbocycles. The van der Waals surface area contributed by atoms with Crippen molar-refractivity contribution in [1.29, 1.82) is 0 Å². The summed E-state index contributed by atoms with van der Waals surface area (Å²) >= 11 is 7.37. The summed E-state index contributed by atoms with van der Waals surface area (Å²) in [5.74, 6) is 3.81. The number of rotatable bonds is 5. The lowest BCUT2D eigenvalue weighted by Gasteiger charge is -2.05. The molecule has 1 aromatic rings. The molecule has 0 aliphatic rings. The highest BCUT2D eigenvalue weighted by Gasteiger charge is 2.06. The summed E-state index contributed by atoms with van der Waals surface area (Å²) < 4.78 is 0. The molecule has 5 heteroatoms. The smallest absolute Gasteiger partial charge is 0.251 e. The van der Waals surface area contributed by atoms with Crippen LogP contribution in [0.2, 0.25) is 5.02 Å². The number of nitrogen functional groups attached to an aromatic ring is 1. The van der Waals surface area contributed by atoms with Gasteiger partial charge in [-0.2, -0.15) is 0 Å². The molecule has 17 heavy (non-hydrogen) atoms. The maximum atomic E-state index is 11.7. The van der Waals surface area contributed by atoms with Gasteiger partial charge in [-0.3, -0.25) is 4.79 Å². The average Bonchev–Trinajstić information content (AvgIpc) is 2.32. The van der Waals surface area contributed by atoms with Crippen LogP contribution in [0.5, 0.6) is 0 Å². The van der Waals surface area contributed by atoms with E-state index in [0.29, 0.717) is 28.6 Å². The molecule has 0 aromatic heterocycles. The Labute approximate surface area is 110 Å². The van der Waals surface area contributed by atoms with E-state index in [2.05, 4.69) is 11.2 Å². The van der Waals surface area contributed by atoms with E-state index >= 15 is 0 Å². The van der Waals surface area contributed by atoms with Gasteiger partial charge in [0.1, 0.15) is 0 Å². The van der Waals surface area contributed by atoms with Gasteiger partial charge >= 0.3 is 0 Å². The number of carbonyl (C=O) groups is 1. The monoisotopic (exact) mass is 268 g/mol. The van der Waals surface area contributed by atoms with Gasteiger partial charge < -0.3 is 11.1 Å². The minimum absolute atomic E-state index is 0.158. The topological polar surface area (TPSA) is 55.1 Å². The van der Waals surface area contributed by atoms with Crippen molar-refractivity contribution in [3.63, 3.8) is 0 Å². The van der Waals surface area contributed by atoms with Gasteiger partial charge in [-0.25, -0.2) is 0 Å².